The molecule has 0 unspecified atom stereocenters. The van der Waals surface area contributed by atoms with E-state index in [4.69, 9.17) is 15.0 Å². The maximum atomic E-state index is 15.0. The van der Waals surface area contributed by atoms with Gasteiger partial charge in [-0.05, 0) is 64.7 Å². The van der Waals surface area contributed by atoms with E-state index < -0.39 is 29.0 Å². The molecular formula is C47H28F6N4. The van der Waals surface area contributed by atoms with E-state index in [1.807, 2.05) is 138 Å². The molecule has 0 saturated carbocycles. The molecule has 0 aliphatic heterocycles. The van der Waals surface area contributed by atoms with Gasteiger partial charge in [0.2, 0.25) is 0 Å². The first-order valence-electron chi connectivity index (χ1n) is 17.9. The van der Waals surface area contributed by atoms with E-state index >= 15 is 0 Å². The van der Waals surface area contributed by atoms with Crippen LogP contribution in [-0.4, -0.2) is 19.5 Å². The molecule has 2 heterocycles. The first-order valence-corrected chi connectivity index (χ1v) is 17.9. The van der Waals surface area contributed by atoms with Gasteiger partial charge in [0.05, 0.1) is 22.2 Å². The summed E-state index contributed by atoms with van der Waals surface area (Å²) in [6.45, 7) is 0. The van der Waals surface area contributed by atoms with Crippen LogP contribution in [0.25, 0.3) is 83.9 Å². The molecule has 2 aromatic heterocycles. The van der Waals surface area contributed by atoms with Crippen molar-refractivity contribution in [2.24, 2.45) is 0 Å². The number of hydrogen-bond acceptors (Lipinski definition) is 3. The van der Waals surface area contributed by atoms with Crippen LogP contribution < -0.4 is 0 Å². The Morgan fingerprint density at radius 1 is 0.368 bits per heavy atom. The molecule has 4 nitrogen and oxygen atoms in total. The molecular weight excluding hydrogens is 735 g/mol. The Morgan fingerprint density at radius 2 is 0.912 bits per heavy atom. The second kappa shape index (κ2) is 13.9. The fourth-order valence-electron chi connectivity index (χ4n) is 7.27. The van der Waals surface area contributed by atoms with Gasteiger partial charge in [-0.1, -0.05) is 127 Å². The standard InChI is InChI=1S/C47H28F6N4/c48-46(49,50)33-21-24-35(40(27-33)47(51,52)53)39-28-34(57-41-19-11-10-18-36(41)37-23-20-32(26-42(37)57)29-12-4-1-5-13-29)22-25-38(39)45-55-43(30-14-6-2-7-15-30)54-44(56-45)31-16-8-3-9-17-31/h1-28H. The maximum absolute atomic E-state index is 15.0. The van der Waals surface area contributed by atoms with Crippen LogP contribution in [0.4, 0.5) is 26.3 Å². The zero-order valence-electron chi connectivity index (χ0n) is 29.7. The van der Waals surface area contributed by atoms with Gasteiger partial charge in [0.15, 0.2) is 17.5 Å². The van der Waals surface area contributed by atoms with E-state index in [0.717, 1.165) is 39.0 Å². The Hall–Kier alpha value is -7.07. The van der Waals surface area contributed by atoms with Crippen molar-refractivity contribution in [2.45, 2.75) is 12.4 Å². The van der Waals surface area contributed by atoms with E-state index in [1.54, 1.807) is 18.2 Å². The summed E-state index contributed by atoms with van der Waals surface area (Å²) in [5.74, 6) is 0.591. The monoisotopic (exact) mass is 762 g/mol. The fourth-order valence-corrected chi connectivity index (χ4v) is 7.27. The van der Waals surface area contributed by atoms with Crippen LogP contribution in [0.1, 0.15) is 11.1 Å². The van der Waals surface area contributed by atoms with Gasteiger partial charge in [-0.2, -0.15) is 26.3 Å². The van der Waals surface area contributed by atoms with Crippen LogP contribution in [0, 0.1) is 0 Å². The topological polar surface area (TPSA) is 43.6 Å². The van der Waals surface area contributed by atoms with E-state index in [9.17, 15) is 26.3 Å². The number of para-hydroxylation sites is 1. The molecule has 0 bridgehead atoms. The number of alkyl halides is 6. The predicted molar refractivity (Wildman–Crippen MR) is 211 cm³/mol. The third-order valence-electron chi connectivity index (χ3n) is 9.92. The Kier molecular flexibility index (Phi) is 8.69. The Balaban J connectivity index is 1.35. The second-order valence-electron chi connectivity index (χ2n) is 13.5. The van der Waals surface area contributed by atoms with Crippen molar-refractivity contribution >= 4 is 21.8 Å². The summed E-state index contributed by atoms with van der Waals surface area (Å²) < 4.78 is 88.8. The first kappa shape index (κ1) is 35.6. The molecule has 10 heteroatoms. The van der Waals surface area contributed by atoms with Crippen LogP contribution in [-0.2, 0) is 12.4 Å². The largest absolute Gasteiger partial charge is 0.417 e. The first-order chi connectivity index (χ1) is 27.5. The zero-order chi connectivity index (χ0) is 39.3. The number of rotatable bonds is 6. The summed E-state index contributed by atoms with van der Waals surface area (Å²) in [4.78, 5) is 14.3. The minimum absolute atomic E-state index is 0.0112. The van der Waals surface area contributed by atoms with Gasteiger partial charge in [-0.25, -0.2) is 15.0 Å². The van der Waals surface area contributed by atoms with E-state index in [2.05, 4.69) is 0 Å². The van der Waals surface area contributed by atoms with E-state index in [0.29, 0.717) is 22.9 Å². The van der Waals surface area contributed by atoms with E-state index in [-0.39, 0.29) is 34.7 Å². The van der Waals surface area contributed by atoms with Crippen molar-refractivity contribution in [3.63, 3.8) is 0 Å². The van der Waals surface area contributed by atoms with Crippen LogP contribution in [0.5, 0.6) is 0 Å². The molecule has 0 N–H and O–H groups in total. The Labute approximate surface area is 322 Å². The van der Waals surface area contributed by atoms with Crippen molar-refractivity contribution in [3.8, 4) is 62.1 Å². The van der Waals surface area contributed by atoms with Crippen molar-refractivity contribution in [3.05, 3.63) is 181 Å². The number of hydrogen-bond donors (Lipinski definition) is 0. The zero-order valence-corrected chi connectivity index (χ0v) is 29.7. The lowest BCUT2D eigenvalue weighted by atomic mass is 9.92. The number of halogens is 6. The number of fused-ring (bicyclic) bond motifs is 3. The quantitative estimate of drug-likeness (QED) is 0.158. The van der Waals surface area contributed by atoms with Crippen LogP contribution in [0.3, 0.4) is 0 Å². The Morgan fingerprint density at radius 3 is 1.53 bits per heavy atom. The third-order valence-corrected chi connectivity index (χ3v) is 9.92. The molecule has 57 heavy (non-hydrogen) atoms. The second-order valence-corrected chi connectivity index (χ2v) is 13.5. The molecule has 0 spiro atoms. The molecule has 0 amide bonds. The summed E-state index contributed by atoms with van der Waals surface area (Å²) in [5.41, 5.74) is 2.10. The molecule has 9 aromatic rings. The lowest BCUT2D eigenvalue weighted by Crippen LogP contribution is -2.12. The normalized spacial score (nSPS) is 12.0. The van der Waals surface area contributed by atoms with Gasteiger partial charge in [0.25, 0.3) is 0 Å². The average Bonchev–Trinajstić information content (AvgIpc) is 3.57. The van der Waals surface area contributed by atoms with E-state index in [1.165, 1.54) is 0 Å². The summed E-state index contributed by atoms with van der Waals surface area (Å²) in [6.07, 6.45) is -10.2. The van der Waals surface area contributed by atoms with Crippen LogP contribution in [0.2, 0.25) is 0 Å². The number of aromatic nitrogens is 4. The highest BCUT2D eigenvalue weighted by Gasteiger charge is 2.39. The van der Waals surface area contributed by atoms with Crippen LogP contribution in [0.15, 0.2) is 170 Å². The Bertz CT molecular complexity index is 2860. The predicted octanol–water partition coefficient (Wildman–Crippen LogP) is 13.3. The minimum atomic E-state index is -5.15. The number of nitrogens with zero attached hydrogens (tertiary/aromatic N) is 4. The third kappa shape index (κ3) is 6.69. The molecule has 278 valence electrons. The molecule has 0 saturated heterocycles. The molecule has 9 rings (SSSR count). The van der Waals surface area contributed by atoms with Crippen molar-refractivity contribution < 1.29 is 26.3 Å². The highest BCUT2D eigenvalue weighted by Crippen LogP contribution is 2.45. The van der Waals surface area contributed by atoms with Gasteiger partial charge < -0.3 is 4.57 Å². The van der Waals surface area contributed by atoms with Crippen molar-refractivity contribution in [1.82, 2.24) is 19.5 Å². The SMILES string of the molecule is FC(F)(F)c1ccc(-c2cc(-n3c4ccccc4c4ccc(-c5ccccc5)cc43)ccc2-c2nc(-c3ccccc3)nc(-c3ccccc3)n2)c(C(F)(F)F)c1. The van der Waals surface area contributed by atoms with Gasteiger partial charge in [-0.15, -0.1) is 0 Å². The molecule has 0 aliphatic carbocycles. The molecule has 7 aromatic carbocycles. The lowest BCUT2D eigenvalue weighted by molar-refractivity contribution is -0.142. The van der Waals surface area contributed by atoms with Crippen molar-refractivity contribution in [2.75, 3.05) is 0 Å². The van der Waals surface area contributed by atoms with Gasteiger partial charge in [0, 0.05) is 33.2 Å². The lowest BCUT2D eigenvalue weighted by Gasteiger charge is -2.20. The van der Waals surface area contributed by atoms with Gasteiger partial charge >= 0.3 is 12.4 Å². The van der Waals surface area contributed by atoms with Crippen molar-refractivity contribution in [1.29, 1.82) is 0 Å². The maximum Gasteiger partial charge on any atom is 0.417 e. The average molecular weight is 763 g/mol. The minimum Gasteiger partial charge on any atom is -0.309 e. The summed E-state index contributed by atoms with van der Waals surface area (Å²) in [5, 5.41) is 1.83. The molecule has 0 fully saturated rings. The highest BCUT2D eigenvalue weighted by molar-refractivity contribution is 6.10. The fraction of sp³-hybridized carbons (Fsp3) is 0.0426. The summed E-state index contributed by atoms with van der Waals surface area (Å²) in [7, 11) is 0. The smallest absolute Gasteiger partial charge is 0.309 e. The van der Waals surface area contributed by atoms with Gasteiger partial charge in [0.1, 0.15) is 0 Å². The summed E-state index contributed by atoms with van der Waals surface area (Å²) in [6, 6.07) is 48.4. The summed E-state index contributed by atoms with van der Waals surface area (Å²) >= 11 is 0. The molecule has 0 atom stereocenters. The highest BCUT2D eigenvalue weighted by atomic mass is 19.4. The van der Waals surface area contributed by atoms with Crippen LogP contribution >= 0.6 is 0 Å². The molecule has 0 aliphatic rings. The van der Waals surface area contributed by atoms with Gasteiger partial charge in [-0.3, -0.25) is 0 Å². The number of benzene rings is 7. The molecule has 0 radical (unpaired) electrons.